The molecule has 1 aliphatic carbocycles. The van der Waals surface area contributed by atoms with E-state index in [4.69, 9.17) is 10.5 Å². The lowest BCUT2D eigenvalue weighted by Crippen LogP contribution is -2.41. The first-order chi connectivity index (χ1) is 13.0. The molecule has 1 aromatic rings. The van der Waals surface area contributed by atoms with Crippen molar-refractivity contribution in [2.75, 3.05) is 32.0 Å². The first kappa shape index (κ1) is 20.3. The van der Waals surface area contributed by atoms with Gasteiger partial charge in [-0.05, 0) is 68.3 Å². The molecule has 1 fully saturated rings. The van der Waals surface area contributed by atoms with Crippen LogP contribution in [0.3, 0.4) is 0 Å². The highest BCUT2D eigenvalue weighted by Gasteiger charge is 2.25. The molecular weight excluding hydrogens is 364 g/mol. The number of benzene rings is 1. The van der Waals surface area contributed by atoms with Crippen molar-refractivity contribution in [3.63, 3.8) is 0 Å². The van der Waals surface area contributed by atoms with Gasteiger partial charge < -0.3 is 15.4 Å². The number of fused-ring (bicyclic) bond motifs is 1. The van der Waals surface area contributed by atoms with Crippen molar-refractivity contribution in [3.05, 3.63) is 29.3 Å². The van der Waals surface area contributed by atoms with E-state index in [2.05, 4.69) is 0 Å². The lowest BCUT2D eigenvalue weighted by molar-refractivity contribution is -0.133. The molecule has 1 aromatic carbocycles. The summed E-state index contributed by atoms with van der Waals surface area (Å²) in [6.45, 7) is 2.54. The molecule has 7 heteroatoms. The summed E-state index contributed by atoms with van der Waals surface area (Å²) in [5, 5.41) is 0. The number of carbonyl (C=O) groups is 1. The van der Waals surface area contributed by atoms with Crippen LogP contribution in [0.1, 0.15) is 43.2 Å². The fourth-order valence-corrected chi connectivity index (χ4v) is 5.12. The van der Waals surface area contributed by atoms with Gasteiger partial charge in [0, 0.05) is 26.1 Å². The second-order valence-electron chi connectivity index (χ2n) is 7.45. The van der Waals surface area contributed by atoms with Crippen LogP contribution in [0.15, 0.2) is 23.1 Å². The van der Waals surface area contributed by atoms with E-state index in [0.29, 0.717) is 31.1 Å². The molecule has 0 saturated carbocycles. The largest absolute Gasteiger partial charge is 0.378 e. The summed E-state index contributed by atoms with van der Waals surface area (Å²) in [6.07, 6.45) is 5.72. The Hall–Kier alpha value is -1.44. The molecule has 2 aliphatic rings. The van der Waals surface area contributed by atoms with Crippen LogP contribution in [-0.2, 0) is 32.2 Å². The monoisotopic (exact) mass is 394 g/mol. The Bertz CT molecular complexity index is 755. The zero-order valence-electron chi connectivity index (χ0n) is 15.9. The number of nitrogens with two attached hydrogens (primary N) is 1. The second kappa shape index (κ2) is 9.17. The Balaban J connectivity index is 1.47. The molecule has 1 saturated heterocycles. The Morgan fingerprint density at radius 1 is 1.19 bits per heavy atom. The van der Waals surface area contributed by atoms with E-state index in [1.807, 2.05) is 6.07 Å². The van der Waals surface area contributed by atoms with Gasteiger partial charge >= 0.3 is 0 Å². The molecule has 0 radical (unpaired) electrons. The van der Waals surface area contributed by atoms with Gasteiger partial charge in [0.05, 0.1) is 16.8 Å². The molecule has 0 aromatic heterocycles. The Morgan fingerprint density at radius 2 is 1.93 bits per heavy atom. The van der Waals surface area contributed by atoms with E-state index in [-0.39, 0.29) is 24.2 Å². The average Bonchev–Trinajstić information content (AvgIpc) is 3.15. The van der Waals surface area contributed by atoms with E-state index in [1.54, 1.807) is 17.0 Å². The summed E-state index contributed by atoms with van der Waals surface area (Å²) in [5.74, 6) is -0.211. The number of hydrogen-bond donors (Lipinski definition) is 1. The highest BCUT2D eigenvalue weighted by atomic mass is 32.2. The van der Waals surface area contributed by atoms with Crippen LogP contribution >= 0.6 is 0 Å². The fourth-order valence-electron chi connectivity index (χ4n) is 3.84. The Kier molecular flexibility index (Phi) is 6.89. The van der Waals surface area contributed by atoms with Gasteiger partial charge in [-0.1, -0.05) is 6.07 Å². The molecular formula is C20H30N2O4S. The molecule has 0 atom stereocenters. The summed E-state index contributed by atoms with van der Waals surface area (Å²) in [6, 6.07) is 5.41. The zero-order chi connectivity index (χ0) is 19.3. The van der Waals surface area contributed by atoms with Crippen LogP contribution < -0.4 is 5.73 Å². The van der Waals surface area contributed by atoms with Crippen LogP contribution in [0.25, 0.3) is 0 Å². The summed E-state index contributed by atoms with van der Waals surface area (Å²) in [5.41, 5.74) is 7.85. The molecule has 2 N–H and O–H groups in total. The van der Waals surface area contributed by atoms with Gasteiger partial charge in [-0.2, -0.15) is 0 Å². The quantitative estimate of drug-likeness (QED) is 0.678. The molecule has 1 heterocycles. The predicted octanol–water partition coefficient (Wildman–Crippen LogP) is 1.70. The predicted molar refractivity (Wildman–Crippen MR) is 104 cm³/mol. The summed E-state index contributed by atoms with van der Waals surface area (Å²) in [7, 11) is -3.43. The maximum Gasteiger partial charge on any atom is 0.223 e. The number of ether oxygens (including phenoxy) is 1. The molecule has 27 heavy (non-hydrogen) atoms. The van der Waals surface area contributed by atoms with Gasteiger partial charge in [0.2, 0.25) is 5.91 Å². The molecule has 1 amide bonds. The van der Waals surface area contributed by atoms with Crippen LogP contribution in [0.2, 0.25) is 0 Å². The van der Waals surface area contributed by atoms with Crippen molar-refractivity contribution in [2.24, 2.45) is 5.73 Å². The minimum absolute atomic E-state index is 0.0398. The van der Waals surface area contributed by atoms with E-state index >= 15 is 0 Å². The molecule has 150 valence electrons. The zero-order valence-corrected chi connectivity index (χ0v) is 16.7. The topological polar surface area (TPSA) is 89.7 Å². The van der Waals surface area contributed by atoms with Crippen LogP contribution in [0.5, 0.6) is 0 Å². The standard InChI is InChI=1S/C20H30N2O4S/c21-10-2-13-26-18-7-11-22(12-8-18)20(23)9-14-27(24,25)19-6-5-16-3-1-4-17(16)15-19/h5-6,15,18H,1-4,7-14,21H2. The SMILES string of the molecule is NCCCOC1CCN(C(=O)CCS(=O)(=O)c2ccc3c(c2)CCC3)CC1. The molecule has 1 aliphatic heterocycles. The van der Waals surface area contributed by atoms with Gasteiger partial charge in [-0.3, -0.25) is 4.79 Å². The molecule has 0 spiro atoms. The number of sulfone groups is 1. The van der Waals surface area contributed by atoms with Gasteiger partial charge in [0.15, 0.2) is 9.84 Å². The minimum atomic E-state index is -3.43. The Morgan fingerprint density at radius 3 is 2.67 bits per heavy atom. The maximum atomic E-state index is 12.6. The van der Waals surface area contributed by atoms with Crippen molar-refractivity contribution in [1.82, 2.24) is 4.90 Å². The number of likely N-dealkylation sites (tertiary alicyclic amines) is 1. The van der Waals surface area contributed by atoms with Crippen LogP contribution in [0.4, 0.5) is 0 Å². The average molecular weight is 395 g/mol. The number of hydrogen-bond acceptors (Lipinski definition) is 5. The number of piperidine rings is 1. The lowest BCUT2D eigenvalue weighted by Gasteiger charge is -2.32. The number of nitrogens with zero attached hydrogens (tertiary/aromatic N) is 1. The third kappa shape index (κ3) is 5.30. The highest BCUT2D eigenvalue weighted by molar-refractivity contribution is 7.91. The molecule has 0 bridgehead atoms. The van der Waals surface area contributed by atoms with Crippen molar-refractivity contribution in [1.29, 1.82) is 0 Å². The third-order valence-electron chi connectivity index (χ3n) is 5.51. The molecule has 6 nitrogen and oxygen atoms in total. The van der Waals surface area contributed by atoms with E-state index < -0.39 is 9.84 Å². The number of aryl methyl sites for hydroxylation is 2. The number of amides is 1. The van der Waals surface area contributed by atoms with Gasteiger partial charge in [-0.25, -0.2) is 8.42 Å². The molecule has 3 rings (SSSR count). The lowest BCUT2D eigenvalue weighted by atomic mass is 10.1. The van der Waals surface area contributed by atoms with Crippen LogP contribution in [-0.4, -0.2) is 57.3 Å². The van der Waals surface area contributed by atoms with Crippen molar-refractivity contribution >= 4 is 15.7 Å². The van der Waals surface area contributed by atoms with Crippen molar-refractivity contribution in [2.45, 2.75) is 55.9 Å². The van der Waals surface area contributed by atoms with E-state index in [9.17, 15) is 13.2 Å². The van der Waals surface area contributed by atoms with Gasteiger partial charge in [0.1, 0.15) is 0 Å². The summed E-state index contributed by atoms with van der Waals surface area (Å²) in [4.78, 5) is 14.5. The second-order valence-corrected chi connectivity index (χ2v) is 9.56. The van der Waals surface area contributed by atoms with Crippen molar-refractivity contribution in [3.8, 4) is 0 Å². The van der Waals surface area contributed by atoms with Crippen LogP contribution in [0, 0.1) is 0 Å². The summed E-state index contributed by atoms with van der Waals surface area (Å²) >= 11 is 0. The minimum Gasteiger partial charge on any atom is -0.378 e. The van der Waals surface area contributed by atoms with E-state index in [1.165, 1.54) is 5.56 Å². The Labute approximate surface area is 162 Å². The summed E-state index contributed by atoms with van der Waals surface area (Å²) < 4.78 is 31.0. The highest BCUT2D eigenvalue weighted by Crippen LogP contribution is 2.25. The number of rotatable bonds is 8. The molecule has 0 unspecified atom stereocenters. The van der Waals surface area contributed by atoms with Gasteiger partial charge in [-0.15, -0.1) is 0 Å². The van der Waals surface area contributed by atoms with Gasteiger partial charge in [0.25, 0.3) is 0 Å². The normalized spacial score (nSPS) is 17.9. The third-order valence-corrected chi connectivity index (χ3v) is 7.22. The first-order valence-electron chi connectivity index (χ1n) is 9.93. The fraction of sp³-hybridized carbons (Fsp3) is 0.650. The smallest absolute Gasteiger partial charge is 0.223 e. The first-order valence-corrected chi connectivity index (χ1v) is 11.6. The maximum absolute atomic E-state index is 12.6. The van der Waals surface area contributed by atoms with Crippen molar-refractivity contribution < 1.29 is 17.9 Å². The van der Waals surface area contributed by atoms with E-state index in [0.717, 1.165) is 44.1 Å². The number of carbonyl (C=O) groups excluding carboxylic acids is 1.